The second-order valence-electron chi connectivity index (χ2n) is 18.2. The first-order valence-corrected chi connectivity index (χ1v) is 28.8. The van der Waals surface area contributed by atoms with Gasteiger partial charge in [0.1, 0.15) is 54.9 Å². The highest BCUT2D eigenvalue weighted by atomic mass is 32.2. The number of nitrogens with one attached hydrogen (secondary N) is 11. The van der Waals surface area contributed by atoms with Crippen molar-refractivity contribution in [2.75, 3.05) is 49.4 Å². The van der Waals surface area contributed by atoms with E-state index in [0.29, 0.717) is 5.69 Å². The van der Waals surface area contributed by atoms with Gasteiger partial charge in [-0.05, 0) is 69.1 Å². The molecule has 0 aliphatic carbocycles. The molecule has 1 aromatic heterocycles. The fraction of sp³-hybridized carbons (Fsp3) is 0.609. The van der Waals surface area contributed by atoms with Crippen molar-refractivity contribution in [3.63, 3.8) is 0 Å². The molecular weight excluding hydrogens is 1160 g/mol. The number of nitrogens with two attached hydrogens (primary N) is 4. The maximum Gasteiger partial charge on any atom is 0.322 e. The standard InChI is InChI=1S/C46H74N16O18S3/c1-82-11-8-25(55-34(65)18-52-38(72)23(48)6-7-35(66)67)41(75)59-29(15-33(50)64)44(78)62-31(20-81)46(80)57-26(9-12-83-2)42(76)60-28(14-32(49)63)43(77)56-24(5-3-4-10-47)40(74)61-30(16-36(68)69)45(79)58-27(13-22-17-51-21-54-22)39(73)53-19-37(70)71/h17,21,23-31,81H,3-16,18-20,47-48H2,1-2H3,(H2,49,63)(H2,50,64)(H,51,54)(H,52,72)(H,53,73)(H,55,65)(H,56,77)(H,57,80)(H,58,79)(H,59,75)(H,60,76)(H,61,74)(H,62,78)(H,66,67)(H,68,69)(H,70,71)/t23-,24-,25-,26-,27-,28-,29-,30-,31-/m0/s1. The van der Waals surface area contributed by atoms with Gasteiger partial charge in [0.15, 0.2) is 0 Å². The number of carboxylic acids is 3. The molecule has 0 aliphatic heterocycles. The number of nitrogens with zero attached hydrogens (tertiary/aromatic N) is 1. The van der Waals surface area contributed by atoms with Gasteiger partial charge in [0, 0.05) is 30.5 Å². The molecule has 0 bridgehead atoms. The molecule has 0 saturated heterocycles. The van der Waals surface area contributed by atoms with Gasteiger partial charge in [-0.15, -0.1) is 0 Å². The lowest BCUT2D eigenvalue weighted by Crippen LogP contribution is -2.61. The number of hydrogen-bond donors (Lipinski definition) is 19. The fourth-order valence-corrected chi connectivity index (χ4v) is 8.34. The van der Waals surface area contributed by atoms with Crippen molar-refractivity contribution in [1.82, 2.24) is 63.1 Å². The van der Waals surface area contributed by atoms with E-state index in [1.807, 2.05) is 0 Å². The van der Waals surface area contributed by atoms with Gasteiger partial charge in [0.2, 0.25) is 70.9 Å². The van der Waals surface area contributed by atoms with Crippen molar-refractivity contribution in [3.8, 4) is 0 Å². The van der Waals surface area contributed by atoms with Crippen molar-refractivity contribution < 1.29 is 87.2 Å². The zero-order chi connectivity index (χ0) is 62.8. The van der Waals surface area contributed by atoms with Crippen LogP contribution < -0.4 is 76.1 Å². The first-order chi connectivity index (χ1) is 39.1. The van der Waals surface area contributed by atoms with Crippen LogP contribution in [0, 0.1) is 0 Å². The Balaban J connectivity index is 3.38. The second kappa shape index (κ2) is 39.6. The van der Waals surface area contributed by atoms with Crippen LogP contribution >= 0.6 is 36.2 Å². The monoisotopic (exact) mass is 1230 g/mol. The predicted octanol–water partition coefficient (Wildman–Crippen LogP) is -7.87. The van der Waals surface area contributed by atoms with Crippen LogP contribution in [0.15, 0.2) is 12.5 Å². The molecule has 37 heteroatoms. The summed E-state index contributed by atoms with van der Waals surface area (Å²) in [4.78, 5) is 200. The lowest BCUT2D eigenvalue weighted by molar-refractivity contribution is -0.142. The molecule has 12 amide bonds. The Hall–Kier alpha value is -7.77. The summed E-state index contributed by atoms with van der Waals surface area (Å²) >= 11 is 6.65. The first kappa shape index (κ1) is 73.2. The van der Waals surface area contributed by atoms with Crippen molar-refractivity contribution in [3.05, 3.63) is 18.2 Å². The summed E-state index contributed by atoms with van der Waals surface area (Å²) in [6.45, 7) is -1.42. The zero-order valence-electron chi connectivity index (χ0n) is 45.4. The summed E-state index contributed by atoms with van der Waals surface area (Å²) in [6.07, 6.45) is 2.21. The first-order valence-electron chi connectivity index (χ1n) is 25.4. The maximum absolute atomic E-state index is 14.0. The highest BCUT2D eigenvalue weighted by Gasteiger charge is 2.36. The number of carbonyl (C=O) groups is 15. The summed E-state index contributed by atoms with van der Waals surface area (Å²) in [5, 5.41) is 50.6. The number of rotatable bonds is 43. The van der Waals surface area contributed by atoms with Gasteiger partial charge in [-0.25, -0.2) is 4.98 Å². The summed E-state index contributed by atoms with van der Waals surface area (Å²) in [5.74, 6) is -17.0. The van der Waals surface area contributed by atoms with E-state index in [4.69, 9.17) is 33.1 Å². The van der Waals surface area contributed by atoms with Crippen LogP contribution in [0.3, 0.4) is 0 Å². The van der Waals surface area contributed by atoms with E-state index in [0.717, 1.165) is 0 Å². The molecule has 0 aliphatic rings. The normalized spacial score (nSPS) is 14.1. The number of aromatic amines is 1. The molecule has 0 saturated carbocycles. The topological polar surface area (TPSA) is 570 Å². The highest BCUT2D eigenvalue weighted by Crippen LogP contribution is 2.10. The average molecular weight is 1240 g/mol. The third-order valence-electron chi connectivity index (χ3n) is 11.4. The number of amides is 12. The van der Waals surface area contributed by atoms with E-state index in [-0.39, 0.29) is 63.0 Å². The van der Waals surface area contributed by atoms with Crippen molar-refractivity contribution in [1.29, 1.82) is 0 Å². The molecule has 34 nitrogen and oxygen atoms in total. The maximum atomic E-state index is 14.0. The minimum absolute atomic E-state index is 0.0299. The third-order valence-corrected chi connectivity index (χ3v) is 13.1. The predicted molar refractivity (Wildman–Crippen MR) is 299 cm³/mol. The molecule has 0 radical (unpaired) electrons. The Labute approximate surface area is 489 Å². The summed E-state index contributed by atoms with van der Waals surface area (Å²) in [6, 6.07) is -14.5. The number of carbonyl (C=O) groups excluding carboxylic acids is 12. The van der Waals surface area contributed by atoms with E-state index < -0.39 is 188 Å². The number of thiol groups is 1. The third kappa shape index (κ3) is 30.2. The lowest BCUT2D eigenvalue weighted by atomic mass is 10.0. The van der Waals surface area contributed by atoms with Crippen LogP contribution in [0.25, 0.3) is 0 Å². The minimum atomic E-state index is -1.92. The lowest BCUT2D eigenvalue weighted by Gasteiger charge is -2.27. The van der Waals surface area contributed by atoms with E-state index in [2.05, 4.69) is 75.8 Å². The minimum Gasteiger partial charge on any atom is -0.481 e. The number of imidazole rings is 1. The Kier molecular flexibility index (Phi) is 35.0. The van der Waals surface area contributed by atoms with Gasteiger partial charge in [0.05, 0.1) is 38.2 Å². The molecule has 464 valence electrons. The van der Waals surface area contributed by atoms with Crippen LogP contribution in [0.1, 0.15) is 69.9 Å². The summed E-state index contributed by atoms with van der Waals surface area (Å²) < 4.78 is 0. The molecule has 1 rings (SSSR count). The molecule has 0 unspecified atom stereocenters. The largest absolute Gasteiger partial charge is 0.481 e. The molecule has 0 spiro atoms. The number of carboxylic acid groups (broad SMARTS) is 3. The van der Waals surface area contributed by atoms with Gasteiger partial charge in [-0.3, -0.25) is 71.9 Å². The second-order valence-corrected chi connectivity index (χ2v) is 20.5. The van der Waals surface area contributed by atoms with Crippen molar-refractivity contribution in [2.45, 2.75) is 125 Å². The van der Waals surface area contributed by atoms with Crippen molar-refractivity contribution in [2.24, 2.45) is 22.9 Å². The number of H-pyrrole nitrogens is 1. The molecule has 1 aromatic rings. The molecular formula is C46H74N16O18S3. The SMILES string of the molecule is CSCC[C@H](NC(=O)CNC(=O)[C@@H](N)CCC(=O)O)C(=O)N[C@@H](CC(N)=O)C(=O)N[C@@H](CS)C(=O)N[C@@H](CCSC)C(=O)N[C@@H](CC(N)=O)C(=O)N[C@@H](CCCCN)C(=O)N[C@@H](CC(=O)O)C(=O)N[C@@H](Cc1cnc[nH]1)C(=O)NCC(=O)O. The van der Waals surface area contributed by atoms with Crippen LogP contribution in [-0.4, -0.2) is 218 Å². The van der Waals surface area contributed by atoms with Crippen LogP contribution in [-0.2, 0) is 78.3 Å². The van der Waals surface area contributed by atoms with E-state index >= 15 is 0 Å². The van der Waals surface area contributed by atoms with Gasteiger partial charge in [-0.1, -0.05) is 0 Å². The highest BCUT2D eigenvalue weighted by molar-refractivity contribution is 7.98. The summed E-state index contributed by atoms with van der Waals surface area (Å²) in [5.41, 5.74) is 22.5. The average Bonchev–Trinajstić information content (AvgIpc) is 4.00. The Morgan fingerprint density at radius 1 is 0.530 bits per heavy atom. The van der Waals surface area contributed by atoms with Crippen LogP contribution in [0.2, 0.25) is 0 Å². The quantitative estimate of drug-likeness (QED) is 0.0213. The molecule has 9 atom stereocenters. The molecule has 22 N–H and O–H groups in total. The van der Waals surface area contributed by atoms with E-state index in [1.165, 1.54) is 36.0 Å². The van der Waals surface area contributed by atoms with Gasteiger partial charge in [0.25, 0.3) is 0 Å². The van der Waals surface area contributed by atoms with E-state index in [9.17, 15) is 77.0 Å². The molecule has 0 aromatic carbocycles. The fourth-order valence-electron chi connectivity index (χ4n) is 7.14. The van der Waals surface area contributed by atoms with Gasteiger partial charge >= 0.3 is 17.9 Å². The van der Waals surface area contributed by atoms with Gasteiger partial charge < -0.3 is 96.4 Å². The van der Waals surface area contributed by atoms with Crippen molar-refractivity contribution >= 4 is 125 Å². The molecule has 83 heavy (non-hydrogen) atoms. The number of aliphatic carboxylic acids is 3. The molecule has 1 heterocycles. The Bertz CT molecular complexity index is 2430. The summed E-state index contributed by atoms with van der Waals surface area (Å²) in [7, 11) is 0. The zero-order valence-corrected chi connectivity index (χ0v) is 47.9. The Morgan fingerprint density at radius 2 is 0.964 bits per heavy atom. The van der Waals surface area contributed by atoms with Crippen LogP contribution in [0.4, 0.5) is 0 Å². The number of hydrogen-bond acceptors (Lipinski definition) is 21. The van der Waals surface area contributed by atoms with E-state index in [1.54, 1.807) is 12.5 Å². The number of thioether (sulfide) groups is 2. The van der Waals surface area contributed by atoms with Gasteiger partial charge in [-0.2, -0.15) is 36.2 Å². The number of primary amides is 2. The Morgan fingerprint density at radius 3 is 1.40 bits per heavy atom. The smallest absolute Gasteiger partial charge is 0.322 e. The number of unbranched alkanes of at least 4 members (excludes halogenated alkanes) is 1. The molecule has 0 fully saturated rings. The van der Waals surface area contributed by atoms with Crippen LogP contribution in [0.5, 0.6) is 0 Å². The number of aromatic nitrogens is 2.